The number of hydrogen-bond acceptors (Lipinski definition) is 3. The first-order valence-corrected chi connectivity index (χ1v) is 7.17. The van der Waals surface area contributed by atoms with Crippen LogP contribution in [0.1, 0.15) is 18.0 Å². The maximum absolute atomic E-state index is 6.43. The van der Waals surface area contributed by atoms with Crippen LogP contribution in [0.15, 0.2) is 36.7 Å². The average Bonchev–Trinajstić information content (AvgIpc) is 2.91. The Hall–Kier alpha value is -1.06. The van der Waals surface area contributed by atoms with Gasteiger partial charge in [-0.25, -0.2) is 0 Å². The van der Waals surface area contributed by atoms with Crippen molar-refractivity contribution in [1.29, 1.82) is 0 Å². The lowest BCUT2D eigenvalue weighted by molar-refractivity contribution is 0.484. The predicted molar refractivity (Wildman–Crippen MR) is 74.1 cm³/mol. The summed E-state index contributed by atoms with van der Waals surface area (Å²) in [4.78, 5) is 4.17. The van der Waals surface area contributed by atoms with Gasteiger partial charge in [0.15, 0.2) is 0 Å². The smallest absolute Gasteiger partial charge is 0.0346 e. The van der Waals surface area contributed by atoms with E-state index in [0.29, 0.717) is 5.92 Å². The standard InChI is InChI=1S/C14H16N2S/c15-14(11-5-7-17-9-11)13-3-1-2-10-8-16-6-4-12(10)13/h1-4,6,8,11,14H,5,7,9,15H2. The van der Waals surface area contributed by atoms with Crippen LogP contribution in [0.5, 0.6) is 0 Å². The van der Waals surface area contributed by atoms with Gasteiger partial charge in [-0.3, -0.25) is 4.98 Å². The first-order valence-electron chi connectivity index (χ1n) is 6.02. The highest BCUT2D eigenvalue weighted by atomic mass is 32.2. The molecule has 0 radical (unpaired) electrons. The van der Waals surface area contributed by atoms with E-state index in [-0.39, 0.29) is 6.04 Å². The van der Waals surface area contributed by atoms with E-state index < -0.39 is 0 Å². The largest absolute Gasteiger partial charge is 0.324 e. The molecule has 3 rings (SSSR count). The van der Waals surface area contributed by atoms with Crippen LogP contribution in [0.25, 0.3) is 10.8 Å². The van der Waals surface area contributed by atoms with Crippen LogP contribution in [-0.2, 0) is 0 Å². The Morgan fingerprint density at radius 1 is 1.35 bits per heavy atom. The molecule has 2 nitrogen and oxygen atoms in total. The number of rotatable bonds is 2. The molecule has 1 aliphatic heterocycles. The highest BCUT2D eigenvalue weighted by Crippen LogP contribution is 2.35. The lowest BCUT2D eigenvalue weighted by Gasteiger charge is -2.20. The van der Waals surface area contributed by atoms with Gasteiger partial charge >= 0.3 is 0 Å². The lowest BCUT2D eigenvalue weighted by atomic mass is 9.90. The Balaban J connectivity index is 2.04. The molecule has 2 unspecified atom stereocenters. The Kier molecular flexibility index (Phi) is 3.04. The molecule has 1 aliphatic rings. The van der Waals surface area contributed by atoms with Crippen molar-refractivity contribution in [3.8, 4) is 0 Å². The third kappa shape index (κ3) is 2.05. The number of fused-ring (bicyclic) bond motifs is 1. The monoisotopic (exact) mass is 244 g/mol. The maximum atomic E-state index is 6.43. The van der Waals surface area contributed by atoms with Crippen molar-refractivity contribution >= 4 is 22.5 Å². The topological polar surface area (TPSA) is 38.9 Å². The molecule has 2 aromatic rings. The van der Waals surface area contributed by atoms with Gasteiger partial charge in [-0.1, -0.05) is 18.2 Å². The first kappa shape index (κ1) is 11.1. The summed E-state index contributed by atoms with van der Waals surface area (Å²) in [5, 5.41) is 2.44. The fourth-order valence-corrected chi connectivity index (χ4v) is 3.84. The molecule has 1 aromatic heterocycles. The average molecular weight is 244 g/mol. The summed E-state index contributed by atoms with van der Waals surface area (Å²) in [5.74, 6) is 3.08. The van der Waals surface area contributed by atoms with Crippen molar-refractivity contribution in [3.05, 3.63) is 42.2 Å². The van der Waals surface area contributed by atoms with Crippen molar-refractivity contribution in [2.45, 2.75) is 12.5 Å². The molecule has 2 atom stereocenters. The van der Waals surface area contributed by atoms with E-state index in [9.17, 15) is 0 Å². The SMILES string of the molecule is NC(c1cccc2cnccc12)C1CCSC1. The third-order valence-corrected chi connectivity index (χ3v) is 4.73. The minimum absolute atomic E-state index is 0.163. The molecule has 3 heteroatoms. The molecule has 0 spiro atoms. The van der Waals surface area contributed by atoms with Crippen molar-refractivity contribution in [2.75, 3.05) is 11.5 Å². The summed E-state index contributed by atoms with van der Waals surface area (Å²) >= 11 is 2.02. The Morgan fingerprint density at radius 3 is 3.12 bits per heavy atom. The summed E-state index contributed by atoms with van der Waals surface area (Å²) in [6.45, 7) is 0. The highest BCUT2D eigenvalue weighted by molar-refractivity contribution is 7.99. The molecular formula is C14H16N2S. The summed E-state index contributed by atoms with van der Waals surface area (Å²) in [6.07, 6.45) is 5.00. The molecule has 17 heavy (non-hydrogen) atoms. The van der Waals surface area contributed by atoms with Gasteiger partial charge in [-0.15, -0.1) is 0 Å². The number of pyridine rings is 1. The van der Waals surface area contributed by atoms with Gasteiger partial charge in [0, 0.05) is 23.8 Å². The van der Waals surface area contributed by atoms with E-state index in [0.717, 1.165) is 0 Å². The number of nitrogens with two attached hydrogens (primary N) is 1. The molecule has 1 saturated heterocycles. The van der Waals surface area contributed by atoms with Crippen molar-refractivity contribution in [2.24, 2.45) is 11.7 Å². The van der Waals surface area contributed by atoms with Crippen LogP contribution in [0.3, 0.4) is 0 Å². The van der Waals surface area contributed by atoms with Crippen molar-refractivity contribution < 1.29 is 0 Å². The molecule has 1 aromatic carbocycles. The second-order valence-electron chi connectivity index (χ2n) is 4.59. The Morgan fingerprint density at radius 2 is 2.29 bits per heavy atom. The maximum Gasteiger partial charge on any atom is 0.0346 e. The van der Waals surface area contributed by atoms with E-state index in [1.807, 2.05) is 24.2 Å². The summed E-state index contributed by atoms with van der Waals surface area (Å²) in [6, 6.07) is 8.59. The Labute approximate surface area is 106 Å². The zero-order valence-electron chi connectivity index (χ0n) is 9.67. The van der Waals surface area contributed by atoms with Gasteiger partial charge < -0.3 is 5.73 Å². The van der Waals surface area contributed by atoms with Crippen LogP contribution in [0.4, 0.5) is 0 Å². The van der Waals surface area contributed by atoms with Crippen molar-refractivity contribution in [3.63, 3.8) is 0 Å². The minimum Gasteiger partial charge on any atom is -0.324 e. The first-order chi connectivity index (χ1) is 8.36. The van der Waals surface area contributed by atoms with Crippen LogP contribution >= 0.6 is 11.8 Å². The van der Waals surface area contributed by atoms with Gasteiger partial charge in [0.05, 0.1) is 0 Å². The van der Waals surface area contributed by atoms with E-state index >= 15 is 0 Å². The van der Waals surface area contributed by atoms with E-state index in [1.165, 1.54) is 34.3 Å². The number of hydrogen-bond donors (Lipinski definition) is 1. The molecular weight excluding hydrogens is 228 g/mol. The molecule has 2 N–H and O–H groups in total. The van der Waals surface area contributed by atoms with Crippen molar-refractivity contribution in [1.82, 2.24) is 4.98 Å². The summed E-state index contributed by atoms with van der Waals surface area (Å²) in [5.41, 5.74) is 7.71. The molecule has 88 valence electrons. The van der Waals surface area contributed by atoms with E-state index in [4.69, 9.17) is 5.73 Å². The normalized spacial score (nSPS) is 21.8. The highest BCUT2D eigenvalue weighted by Gasteiger charge is 2.24. The third-order valence-electron chi connectivity index (χ3n) is 3.55. The zero-order chi connectivity index (χ0) is 11.7. The van der Waals surface area contributed by atoms with Gasteiger partial charge in [-0.05, 0) is 40.9 Å². The van der Waals surface area contributed by atoms with Crippen LogP contribution in [0.2, 0.25) is 0 Å². The van der Waals surface area contributed by atoms with Crippen LogP contribution < -0.4 is 5.73 Å². The summed E-state index contributed by atoms with van der Waals surface area (Å²) < 4.78 is 0. The second kappa shape index (κ2) is 4.67. The van der Waals surface area contributed by atoms with Gasteiger partial charge in [0.2, 0.25) is 0 Å². The fraction of sp³-hybridized carbons (Fsp3) is 0.357. The van der Waals surface area contributed by atoms with Crippen LogP contribution in [-0.4, -0.2) is 16.5 Å². The second-order valence-corrected chi connectivity index (χ2v) is 5.74. The Bertz CT molecular complexity index is 515. The van der Waals surface area contributed by atoms with Gasteiger partial charge in [-0.2, -0.15) is 11.8 Å². The van der Waals surface area contributed by atoms with Gasteiger partial charge in [0.25, 0.3) is 0 Å². The fourth-order valence-electron chi connectivity index (χ4n) is 2.53. The number of aromatic nitrogens is 1. The van der Waals surface area contributed by atoms with Crippen LogP contribution in [0, 0.1) is 5.92 Å². The molecule has 0 saturated carbocycles. The number of benzene rings is 1. The zero-order valence-corrected chi connectivity index (χ0v) is 10.5. The van der Waals surface area contributed by atoms with E-state index in [2.05, 4.69) is 29.2 Å². The molecule has 2 heterocycles. The number of thioether (sulfide) groups is 1. The van der Waals surface area contributed by atoms with E-state index in [1.54, 1.807) is 0 Å². The molecule has 0 aliphatic carbocycles. The van der Waals surface area contributed by atoms with Gasteiger partial charge in [0.1, 0.15) is 0 Å². The molecule has 0 amide bonds. The predicted octanol–water partition coefficient (Wildman–Crippen LogP) is 2.99. The molecule has 1 fully saturated rings. The quantitative estimate of drug-likeness (QED) is 0.882. The number of nitrogens with zero attached hydrogens (tertiary/aromatic N) is 1. The minimum atomic E-state index is 0.163. The molecule has 0 bridgehead atoms. The summed E-state index contributed by atoms with van der Waals surface area (Å²) in [7, 11) is 0. The lowest BCUT2D eigenvalue weighted by Crippen LogP contribution is -2.21.